The molecule has 0 aliphatic rings. The number of carboxylic acid groups (broad SMARTS) is 1. The minimum Gasteiger partial charge on any atom is -0.481 e. The van der Waals surface area contributed by atoms with Gasteiger partial charge in [0.2, 0.25) is 0 Å². The van der Waals surface area contributed by atoms with E-state index in [4.69, 9.17) is 10.8 Å². The maximum absolute atomic E-state index is 11.6. The number of Topliss-reactive ketones (excluding diaryl/α,β-unsaturated/α-hetero) is 1. The highest BCUT2D eigenvalue weighted by Gasteiger charge is 2.26. The number of aliphatic carboxylic acids is 1. The van der Waals surface area contributed by atoms with E-state index in [1.807, 2.05) is 0 Å². The molecule has 0 aromatic rings. The molecule has 108 valence electrons. The second-order valence-corrected chi connectivity index (χ2v) is 3.92. The number of nitrogens with two attached hydrogens (primary N) is 1. The molecule has 8 nitrogen and oxygen atoms in total. The maximum atomic E-state index is 11.6. The highest BCUT2D eigenvalue weighted by Crippen LogP contribution is 2.07. The van der Waals surface area contributed by atoms with Gasteiger partial charge in [-0.1, -0.05) is 0 Å². The minimum absolute atomic E-state index is 0.311. The van der Waals surface area contributed by atoms with Crippen molar-refractivity contribution in [1.29, 1.82) is 0 Å². The Labute approximate surface area is 109 Å². The lowest BCUT2D eigenvalue weighted by Gasteiger charge is -2.14. The number of hydrogen-bond donors (Lipinski definition) is 2. The normalized spacial score (nSPS) is 13.2. The van der Waals surface area contributed by atoms with Gasteiger partial charge in [0.15, 0.2) is 5.78 Å². The quantitative estimate of drug-likeness (QED) is 0.544. The van der Waals surface area contributed by atoms with Crippen molar-refractivity contribution >= 4 is 23.7 Å². The van der Waals surface area contributed by atoms with Crippen molar-refractivity contribution in [3.05, 3.63) is 0 Å². The van der Waals surface area contributed by atoms with E-state index in [1.54, 1.807) is 0 Å². The molecule has 0 saturated carbocycles. The van der Waals surface area contributed by atoms with Crippen molar-refractivity contribution in [3.63, 3.8) is 0 Å². The first-order valence-electron chi connectivity index (χ1n) is 5.51. The molecule has 0 aliphatic carbocycles. The molecule has 0 aliphatic heterocycles. The minimum atomic E-state index is -1.27. The molecule has 0 amide bonds. The zero-order valence-electron chi connectivity index (χ0n) is 10.8. The molecule has 0 spiro atoms. The smallest absolute Gasteiger partial charge is 0.310 e. The molecule has 0 saturated heterocycles. The fourth-order valence-electron chi connectivity index (χ4n) is 1.13. The van der Waals surface area contributed by atoms with Gasteiger partial charge in [-0.15, -0.1) is 0 Å². The highest BCUT2D eigenvalue weighted by atomic mass is 16.5. The predicted octanol–water partition coefficient (Wildman–Crippen LogP) is -0.900. The Morgan fingerprint density at radius 1 is 1.05 bits per heavy atom. The summed E-state index contributed by atoms with van der Waals surface area (Å²) in [6, 6.07) is -1.09. The second kappa shape index (κ2) is 8.20. The predicted molar refractivity (Wildman–Crippen MR) is 62.0 cm³/mol. The van der Waals surface area contributed by atoms with Crippen LogP contribution in [-0.2, 0) is 28.7 Å². The molecule has 0 aromatic heterocycles. The molecule has 0 rings (SSSR count). The Morgan fingerprint density at radius 2 is 1.53 bits per heavy atom. The average Bonchev–Trinajstić information content (AvgIpc) is 2.30. The number of rotatable bonds is 8. The lowest BCUT2D eigenvalue weighted by Crippen LogP contribution is -2.38. The topological polar surface area (TPSA) is 133 Å². The van der Waals surface area contributed by atoms with E-state index in [2.05, 4.69) is 9.47 Å². The van der Waals surface area contributed by atoms with Gasteiger partial charge in [0.25, 0.3) is 0 Å². The molecule has 8 heteroatoms. The van der Waals surface area contributed by atoms with Crippen LogP contribution in [-0.4, -0.2) is 48.1 Å². The lowest BCUT2D eigenvalue weighted by atomic mass is 10.00. The summed E-state index contributed by atoms with van der Waals surface area (Å²) in [4.78, 5) is 43.6. The molecule has 19 heavy (non-hydrogen) atoms. The van der Waals surface area contributed by atoms with Gasteiger partial charge in [-0.2, -0.15) is 0 Å². The molecular formula is C11H17NO7. The molecule has 3 N–H and O–H groups in total. The lowest BCUT2D eigenvalue weighted by molar-refractivity contribution is -0.152. The van der Waals surface area contributed by atoms with E-state index in [0.29, 0.717) is 0 Å². The zero-order chi connectivity index (χ0) is 15.0. The number of esters is 2. The number of carbonyl (C=O) groups is 4. The van der Waals surface area contributed by atoms with Crippen molar-refractivity contribution in [1.82, 2.24) is 0 Å². The van der Waals surface area contributed by atoms with Gasteiger partial charge in [0.05, 0.1) is 12.0 Å². The number of ketones is 1. The second-order valence-electron chi connectivity index (χ2n) is 3.92. The van der Waals surface area contributed by atoms with Crippen LogP contribution in [0.5, 0.6) is 0 Å². The largest absolute Gasteiger partial charge is 0.481 e. The molecular weight excluding hydrogens is 258 g/mol. The summed E-state index contributed by atoms with van der Waals surface area (Å²) >= 11 is 0. The third kappa shape index (κ3) is 7.87. The summed E-state index contributed by atoms with van der Waals surface area (Å²) in [6.07, 6.45) is -0.398. The van der Waals surface area contributed by atoms with E-state index >= 15 is 0 Å². The van der Waals surface area contributed by atoms with Crippen LogP contribution >= 0.6 is 0 Å². The first-order chi connectivity index (χ1) is 8.73. The van der Waals surface area contributed by atoms with Gasteiger partial charge in [0, 0.05) is 20.3 Å². The monoisotopic (exact) mass is 275 g/mol. The summed E-state index contributed by atoms with van der Waals surface area (Å²) in [5, 5.41) is 8.87. The van der Waals surface area contributed by atoms with Gasteiger partial charge in [-0.05, 0) is 0 Å². The molecule has 1 unspecified atom stereocenters. The van der Waals surface area contributed by atoms with Crippen LogP contribution in [0.2, 0.25) is 0 Å². The molecule has 0 bridgehead atoms. The van der Waals surface area contributed by atoms with Crippen LogP contribution in [0.25, 0.3) is 0 Å². The van der Waals surface area contributed by atoms with E-state index in [0.717, 1.165) is 13.8 Å². The third-order valence-electron chi connectivity index (χ3n) is 2.16. The average molecular weight is 275 g/mol. The Kier molecular flexibility index (Phi) is 7.35. The summed E-state index contributed by atoms with van der Waals surface area (Å²) in [5.41, 5.74) is 5.44. The summed E-state index contributed by atoms with van der Waals surface area (Å²) in [6.45, 7) is 1.58. The molecule has 0 aromatic carbocycles. The van der Waals surface area contributed by atoms with Crippen molar-refractivity contribution in [2.24, 2.45) is 11.7 Å². The zero-order valence-corrected chi connectivity index (χ0v) is 10.8. The van der Waals surface area contributed by atoms with Gasteiger partial charge >= 0.3 is 17.9 Å². The van der Waals surface area contributed by atoms with Crippen LogP contribution < -0.4 is 5.73 Å². The maximum Gasteiger partial charge on any atom is 0.310 e. The van der Waals surface area contributed by atoms with Crippen molar-refractivity contribution in [2.45, 2.75) is 26.3 Å². The number of carboxylic acids is 1. The standard InChI is InChI=1S/C11H17NO7/c1-6(13)18-4-8(11(16)17)3-10(15)9(12)5-19-7(2)14/h8-9H,3-5,12H2,1-2H3,(H,16,17)/t8?,9-/m0/s1. The van der Waals surface area contributed by atoms with Crippen molar-refractivity contribution < 1.29 is 33.8 Å². The third-order valence-corrected chi connectivity index (χ3v) is 2.16. The number of carbonyl (C=O) groups excluding carboxylic acids is 3. The van der Waals surface area contributed by atoms with Gasteiger partial charge < -0.3 is 20.3 Å². The van der Waals surface area contributed by atoms with E-state index < -0.39 is 48.7 Å². The molecule has 0 radical (unpaired) electrons. The first-order valence-corrected chi connectivity index (χ1v) is 5.51. The Morgan fingerprint density at radius 3 is 1.95 bits per heavy atom. The van der Waals surface area contributed by atoms with Crippen LogP contribution in [0.4, 0.5) is 0 Å². The molecule has 2 atom stereocenters. The van der Waals surface area contributed by atoms with Gasteiger partial charge in [0.1, 0.15) is 13.2 Å². The fraction of sp³-hybridized carbons (Fsp3) is 0.636. The van der Waals surface area contributed by atoms with Crippen LogP contribution in [0.1, 0.15) is 20.3 Å². The summed E-state index contributed by atoms with van der Waals surface area (Å²) in [5.74, 6) is -4.24. The number of ether oxygens (including phenoxy) is 2. The van der Waals surface area contributed by atoms with Crippen LogP contribution in [0.3, 0.4) is 0 Å². The summed E-state index contributed by atoms with van der Waals surface area (Å²) in [7, 11) is 0. The molecule has 0 fully saturated rings. The Hall–Kier alpha value is -1.96. The van der Waals surface area contributed by atoms with E-state index in [1.165, 1.54) is 0 Å². The Bertz CT molecular complexity index is 366. The highest BCUT2D eigenvalue weighted by molar-refractivity contribution is 5.88. The fourth-order valence-corrected chi connectivity index (χ4v) is 1.13. The van der Waals surface area contributed by atoms with E-state index in [9.17, 15) is 19.2 Å². The SMILES string of the molecule is CC(=O)OCC(CC(=O)[C@@H](N)COC(C)=O)C(=O)O. The van der Waals surface area contributed by atoms with E-state index in [-0.39, 0.29) is 6.61 Å². The number of hydrogen-bond acceptors (Lipinski definition) is 7. The first kappa shape index (κ1) is 17.0. The van der Waals surface area contributed by atoms with Gasteiger partial charge in [-0.25, -0.2) is 0 Å². The molecule has 0 heterocycles. The van der Waals surface area contributed by atoms with Crippen LogP contribution in [0, 0.1) is 5.92 Å². The van der Waals surface area contributed by atoms with Crippen molar-refractivity contribution in [2.75, 3.05) is 13.2 Å². The summed E-state index contributed by atoms with van der Waals surface area (Å²) < 4.78 is 9.09. The van der Waals surface area contributed by atoms with Crippen LogP contribution in [0.15, 0.2) is 0 Å². The Balaban J connectivity index is 4.33. The van der Waals surface area contributed by atoms with Crippen molar-refractivity contribution in [3.8, 4) is 0 Å². The van der Waals surface area contributed by atoms with Gasteiger partial charge in [-0.3, -0.25) is 19.2 Å².